The summed E-state index contributed by atoms with van der Waals surface area (Å²) in [6, 6.07) is 31.0. The molecule has 0 spiro atoms. The number of hydrogen-bond donors (Lipinski definition) is 1. The van der Waals surface area contributed by atoms with Crippen molar-refractivity contribution in [1.82, 2.24) is 9.97 Å². The van der Waals surface area contributed by atoms with E-state index in [9.17, 15) is 5.11 Å². The van der Waals surface area contributed by atoms with E-state index in [4.69, 9.17) is 9.97 Å². The summed E-state index contributed by atoms with van der Waals surface area (Å²) in [5.74, 6) is 0.246. The van der Waals surface area contributed by atoms with Crippen LogP contribution in [0.1, 0.15) is 26.3 Å². The van der Waals surface area contributed by atoms with Crippen LogP contribution in [0.4, 0.5) is 0 Å². The fraction of sp³-hybridized carbons (Fsp3) is 0.125. The third-order valence-corrected chi connectivity index (χ3v) is 7.68. The molecule has 0 fully saturated rings. The van der Waals surface area contributed by atoms with Crippen molar-refractivity contribution in [1.29, 1.82) is 0 Å². The first-order valence-corrected chi connectivity index (χ1v) is 12.9. The third-order valence-electron chi connectivity index (χ3n) is 6.63. The van der Waals surface area contributed by atoms with Gasteiger partial charge in [0.2, 0.25) is 0 Å². The van der Waals surface area contributed by atoms with E-state index in [1.165, 1.54) is 16.3 Å². The molecule has 6 aromatic rings. The summed E-state index contributed by atoms with van der Waals surface area (Å²) in [5, 5.41) is 13.6. The highest BCUT2D eigenvalue weighted by molar-refractivity contribution is 7.21. The maximum Gasteiger partial charge on any atom is 0.128 e. The number of para-hydroxylation sites is 2. The lowest BCUT2D eigenvalue weighted by Crippen LogP contribution is -2.11. The summed E-state index contributed by atoms with van der Waals surface area (Å²) < 4.78 is 1.09. The molecular weight excluding hydrogens is 460 g/mol. The molecule has 1 N–H and O–H groups in total. The van der Waals surface area contributed by atoms with Crippen LogP contribution in [0.3, 0.4) is 0 Å². The first-order chi connectivity index (χ1) is 17.4. The van der Waals surface area contributed by atoms with Crippen molar-refractivity contribution in [3.63, 3.8) is 0 Å². The van der Waals surface area contributed by atoms with Gasteiger partial charge < -0.3 is 5.11 Å². The van der Waals surface area contributed by atoms with Crippen molar-refractivity contribution >= 4 is 32.3 Å². The van der Waals surface area contributed by atoms with Crippen LogP contribution >= 0.6 is 11.3 Å². The molecular formula is C32H26N2OS. The summed E-state index contributed by atoms with van der Waals surface area (Å²) in [6.45, 7) is 6.68. The molecule has 0 radical (unpaired) electrons. The van der Waals surface area contributed by atoms with Gasteiger partial charge in [-0.25, -0.2) is 4.98 Å². The molecule has 176 valence electrons. The lowest BCUT2D eigenvalue weighted by molar-refractivity contribution is 0.477. The molecule has 4 aromatic carbocycles. The van der Waals surface area contributed by atoms with Crippen molar-refractivity contribution in [3.05, 3.63) is 103 Å². The Bertz CT molecular complexity index is 1740. The first-order valence-electron chi connectivity index (χ1n) is 12.1. The number of benzene rings is 4. The average Bonchev–Trinajstić information content (AvgIpc) is 3.32. The maximum atomic E-state index is 10.4. The maximum absolute atomic E-state index is 10.4. The molecule has 36 heavy (non-hydrogen) atoms. The Morgan fingerprint density at radius 2 is 1.53 bits per heavy atom. The van der Waals surface area contributed by atoms with Gasteiger partial charge in [-0.1, -0.05) is 69.3 Å². The van der Waals surface area contributed by atoms with Crippen molar-refractivity contribution in [2.75, 3.05) is 0 Å². The standard InChI is InChI=1S/C32H26N2OS/c1-32(2,3)22-15-16-33-27(19-22)26-18-21(17-20-9-4-5-10-23(20)26)24-12-8-14-29-30(24)34-31(36-29)25-11-6-7-13-28(25)35/h4-19,35H,1-3H3. The topological polar surface area (TPSA) is 46.0 Å². The second-order valence-electron chi connectivity index (χ2n) is 10.1. The van der Waals surface area contributed by atoms with Crippen LogP contribution in [-0.4, -0.2) is 15.1 Å². The van der Waals surface area contributed by atoms with E-state index in [2.05, 4.69) is 87.5 Å². The Kier molecular flexibility index (Phi) is 5.35. The average molecular weight is 487 g/mol. The zero-order valence-electron chi connectivity index (χ0n) is 20.5. The fourth-order valence-corrected chi connectivity index (χ4v) is 5.70. The predicted octanol–water partition coefficient (Wildman–Crippen LogP) is 8.85. The predicted molar refractivity (Wildman–Crippen MR) is 152 cm³/mol. The van der Waals surface area contributed by atoms with E-state index in [0.29, 0.717) is 0 Å². The van der Waals surface area contributed by atoms with Gasteiger partial charge in [0.1, 0.15) is 10.8 Å². The monoisotopic (exact) mass is 486 g/mol. The Labute approximate surface area is 214 Å². The van der Waals surface area contributed by atoms with Gasteiger partial charge in [-0.05, 0) is 69.8 Å². The smallest absolute Gasteiger partial charge is 0.128 e. The number of rotatable bonds is 3. The molecule has 0 bridgehead atoms. The largest absolute Gasteiger partial charge is 0.507 e. The molecule has 0 unspecified atom stereocenters. The Hall–Kier alpha value is -4.02. The number of hydrogen-bond acceptors (Lipinski definition) is 4. The molecule has 0 aliphatic rings. The van der Waals surface area contributed by atoms with Crippen molar-refractivity contribution in [2.45, 2.75) is 26.2 Å². The number of pyridine rings is 1. The number of phenolic OH excluding ortho intramolecular Hbond substituents is 1. The van der Waals surface area contributed by atoms with Gasteiger partial charge >= 0.3 is 0 Å². The van der Waals surface area contributed by atoms with Gasteiger partial charge in [-0.15, -0.1) is 11.3 Å². The number of thiazole rings is 1. The lowest BCUT2D eigenvalue weighted by atomic mass is 9.86. The zero-order chi connectivity index (χ0) is 24.9. The summed E-state index contributed by atoms with van der Waals surface area (Å²) >= 11 is 1.60. The summed E-state index contributed by atoms with van der Waals surface area (Å²) in [7, 11) is 0. The quantitative estimate of drug-likeness (QED) is 0.272. The van der Waals surface area contributed by atoms with Crippen LogP contribution in [0.5, 0.6) is 5.75 Å². The van der Waals surface area contributed by atoms with Gasteiger partial charge in [0.05, 0.1) is 21.5 Å². The molecule has 0 saturated heterocycles. The van der Waals surface area contributed by atoms with Crippen LogP contribution in [0.2, 0.25) is 0 Å². The van der Waals surface area contributed by atoms with E-state index in [-0.39, 0.29) is 11.2 Å². The lowest BCUT2D eigenvalue weighted by Gasteiger charge is -2.20. The first kappa shape index (κ1) is 22.4. The SMILES string of the molecule is CC(C)(C)c1ccnc(-c2cc(-c3cccc4sc(-c5ccccc5O)nc34)cc3ccccc23)c1. The van der Waals surface area contributed by atoms with E-state index in [1.807, 2.05) is 24.4 Å². The second-order valence-corrected chi connectivity index (χ2v) is 11.1. The highest BCUT2D eigenvalue weighted by Crippen LogP contribution is 2.41. The number of nitrogens with zero attached hydrogens (tertiary/aromatic N) is 2. The van der Waals surface area contributed by atoms with Gasteiger partial charge in [0, 0.05) is 17.3 Å². The molecule has 2 heterocycles. The highest BCUT2D eigenvalue weighted by atomic mass is 32.1. The summed E-state index contributed by atoms with van der Waals surface area (Å²) in [4.78, 5) is 9.77. The van der Waals surface area contributed by atoms with Crippen LogP contribution in [0, 0.1) is 0 Å². The minimum atomic E-state index is 0.0384. The van der Waals surface area contributed by atoms with Gasteiger partial charge in [-0.2, -0.15) is 0 Å². The Morgan fingerprint density at radius 3 is 2.36 bits per heavy atom. The molecule has 0 atom stereocenters. The number of phenols is 1. The van der Waals surface area contributed by atoms with Crippen LogP contribution in [-0.2, 0) is 5.41 Å². The zero-order valence-corrected chi connectivity index (χ0v) is 21.3. The number of aromatic nitrogens is 2. The van der Waals surface area contributed by atoms with Crippen LogP contribution in [0.25, 0.3) is 53.9 Å². The van der Waals surface area contributed by atoms with E-state index < -0.39 is 0 Å². The van der Waals surface area contributed by atoms with Crippen molar-refractivity contribution < 1.29 is 5.11 Å². The minimum Gasteiger partial charge on any atom is -0.507 e. The van der Waals surface area contributed by atoms with E-state index in [1.54, 1.807) is 17.4 Å². The number of aromatic hydroxyl groups is 1. The van der Waals surface area contributed by atoms with E-state index in [0.717, 1.165) is 43.2 Å². The van der Waals surface area contributed by atoms with Crippen LogP contribution < -0.4 is 0 Å². The third kappa shape index (κ3) is 3.94. The molecule has 6 rings (SSSR count). The normalized spacial score (nSPS) is 11.9. The fourth-order valence-electron chi connectivity index (χ4n) is 4.67. The highest BCUT2D eigenvalue weighted by Gasteiger charge is 2.18. The molecule has 0 saturated carbocycles. The van der Waals surface area contributed by atoms with Gasteiger partial charge in [0.15, 0.2) is 0 Å². The molecule has 0 amide bonds. The molecule has 0 aliphatic heterocycles. The number of fused-ring (bicyclic) bond motifs is 2. The van der Waals surface area contributed by atoms with Crippen LogP contribution in [0.15, 0.2) is 97.2 Å². The van der Waals surface area contributed by atoms with Gasteiger partial charge in [-0.3, -0.25) is 4.98 Å². The summed E-state index contributed by atoms with van der Waals surface area (Å²) in [5.41, 5.74) is 7.26. The van der Waals surface area contributed by atoms with E-state index >= 15 is 0 Å². The molecule has 4 heteroatoms. The Balaban J connectivity index is 1.57. The molecule has 0 aliphatic carbocycles. The van der Waals surface area contributed by atoms with Gasteiger partial charge in [0.25, 0.3) is 0 Å². The molecule has 2 aromatic heterocycles. The molecule has 3 nitrogen and oxygen atoms in total. The second kappa shape index (κ2) is 8.58. The van der Waals surface area contributed by atoms with Crippen molar-refractivity contribution in [3.8, 4) is 38.7 Å². The van der Waals surface area contributed by atoms with Crippen molar-refractivity contribution in [2.24, 2.45) is 0 Å². The summed E-state index contributed by atoms with van der Waals surface area (Å²) in [6.07, 6.45) is 1.91. The minimum absolute atomic E-state index is 0.0384. The Morgan fingerprint density at radius 1 is 0.750 bits per heavy atom.